The molecule has 2 nitrogen and oxygen atoms in total. The molecule has 0 spiro atoms. The van der Waals surface area contributed by atoms with Crippen LogP contribution in [0.4, 0.5) is 5.69 Å². The number of ketones is 1. The fraction of sp³-hybridized carbons (Fsp3) is 0.533. The summed E-state index contributed by atoms with van der Waals surface area (Å²) in [7, 11) is 0. The number of carbonyl (C=O) groups excluding carboxylic acids is 1. The van der Waals surface area contributed by atoms with Crippen LogP contribution in [0.15, 0.2) is 24.3 Å². The van der Waals surface area contributed by atoms with Gasteiger partial charge in [0, 0.05) is 17.8 Å². The van der Waals surface area contributed by atoms with Gasteiger partial charge in [0.15, 0.2) is 5.78 Å². The Morgan fingerprint density at radius 2 is 1.88 bits per heavy atom. The molecule has 0 radical (unpaired) electrons. The van der Waals surface area contributed by atoms with Crippen molar-refractivity contribution in [3.63, 3.8) is 0 Å². The first kappa shape index (κ1) is 12.2. The first-order chi connectivity index (χ1) is 8.03. The van der Waals surface area contributed by atoms with Gasteiger partial charge in [-0.25, -0.2) is 0 Å². The molecule has 92 valence electrons. The van der Waals surface area contributed by atoms with Gasteiger partial charge in [0.05, 0.1) is 0 Å². The largest absolute Gasteiger partial charge is 0.384 e. The van der Waals surface area contributed by atoms with Gasteiger partial charge >= 0.3 is 0 Å². The van der Waals surface area contributed by atoms with E-state index in [1.165, 1.54) is 12.8 Å². The Morgan fingerprint density at radius 1 is 1.29 bits per heavy atom. The molecule has 1 fully saturated rings. The third kappa shape index (κ3) is 2.68. The van der Waals surface area contributed by atoms with E-state index in [4.69, 9.17) is 0 Å². The van der Waals surface area contributed by atoms with Crippen LogP contribution in [0, 0.1) is 11.3 Å². The predicted octanol–water partition coefficient (Wildman–Crippen LogP) is 3.74. The van der Waals surface area contributed by atoms with Crippen LogP contribution in [0.5, 0.6) is 0 Å². The van der Waals surface area contributed by atoms with Gasteiger partial charge in [-0.1, -0.05) is 13.8 Å². The summed E-state index contributed by atoms with van der Waals surface area (Å²) < 4.78 is 0. The number of anilines is 1. The van der Waals surface area contributed by atoms with E-state index in [1.54, 1.807) is 6.92 Å². The number of carbonyl (C=O) groups is 1. The second-order valence-corrected chi connectivity index (χ2v) is 5.50. The molecule has 0 bridgehead atoms. The van der Waals surface area contributed by atoms with E-state index in [9.17, 15) is 4.79 Å². The van der Waals surface area contributed by atoms with Crippen molar-refractivity contribution in [2.75, 3.05) is 11.9 Å². The van der Waals surface area contributed by atoms with E-state index in [1.807, 2.05) is 24.3 Å². The number of Topliss-reactive ketones (excluding diaryl/α,β-unsaturated/α-hetero) is 1. The fourth-order valence-electron chi connectivity index (χ4n) is 2.22. The molecule has 1 saturated carbocycles. The number of hydrogen-bond donors (Lipinski definition) is 1. The SMILES string of the molecule is CC(=O)c1ccc(NCC2(C(C)C)CC2)cc1. The first-order valence-electron chi connectivity index (χ1n) is 6.38. The van der Waals surface area contributed by atoms with E-state index in [-0.39, 0.29) is 5.78 Å². The highest BCUT2D eigenvalue weighted by Crippen LogP contribution is 2.51. The second-order valence-electron chi connectivity index (χ2n) is 5.50. The zero-order valence-electron chi connectivity index (χ0n) is 10.9. The van der Waals surface area contributed by atoms with Crippen molar-refractivity contribution in [1.82, 2.24) is 0 Å². The van der Waals surface area contributed by atoms with Crippen molar-refractivity contribution in [2.45, 2.75) is 33.6 Å². The molecule has 0 aliphatic heterocycles. The molecule has 0 heterocycles. The number of benzene rings is 1. The molecule has 0 atom stereocenters. The lowest BCUT2D eigenvalue weighted by Gasteiger charge is -2.20. The Morgan fingerprint density at radius 3 is 2.29 bits per heavy atom. The fourth-order valence-corrected chi connectivity index (χ4v) is 2.22. The topological polar surface area (TPSA) is 29.1 Å². The number of hydrogen-bond acceptors (Lipinski definition) is 2. The van der Waals surface area contributed by atoms with E-state index < -0.39 is 0 Å². The minimum absolute atomic E-state index is 0.123. The molecular weight excluding hydrogens is 210 g/mol. The highest BCUT2D eigenvalue weighted by Gasteiger charge is 2.44. The average molecular weight is 231 g/mol. The third-order valence-electron chi connectivity index (χ3n) is 4.05. The van der Waals surface area contributed by atoms with Gasteiger partial charge in [-0.05, 0) is 55.4 Å². The lowest BCUT2D eigenvalue weighted by atomic mass is 9.92. The van der Waals surface area contributed by atoms with Crippen molar-refractivity contribution in [1.29, 1.82) is 0 Å². The lowest BCUT2D eigenvalue weighted by Crippen LogP contribution is -2.20. The number of rotatable bonds is 5. The Balaban J connectivity index is 1.94. The summed E-state index contributed by atoms with van der Waals surface area (Å²) in [6.07, 6.45) is 2.67. The zero-order chi connectivity index (χ0) is 12.5. The maximum absolute atomic E-state index is 11.2. The molecule has 2 heteroatoms. The van der Waals surface area contributed by atoms with E-state index in [0.29, 0.717) is 5.41 Å². The number of nitrogens with one attached hydrogen (secondary N) is 1. The van der Waals surface area contributed by atoms with Crippen molar-refractivity contribution < 1.29 is 4.79 Å². The molecule has 0 aromatic heterocycles. The van der Waals surface area contributed by atoms with Crippen LogP contribution in [-0.4, -0.2) is 12.3 Å². The standard InChI is InChI=1S/C15H21NO/c1-11(2)15(8-9-15)10-16-14-6-4-13(5-7-14)12(3)17/h4-7,11,16H,8-10H2,1-3H3. The average Bonchev–Trinajstić information content (AvgIpc) is 3.08. The van der Waals surface area contributed by atoms with E-state index in [2.05, 4.69) is 19.2 Å². The minimum Gasteiger partial charge on any atom is -0.384 e. The Hall–Kier alpha value is -1.31. The van der Waals surface area contributed by atoms with Crippen molar-refractivity contribution >= 4 is 11.5 Å². The zero-order valence-corrected chi connectivity index (χ0v) is 10.9. The monoisotopic (exact) mass is 231 g/mol. The van der Waals surface area contributed by atoms with Gasteiger partial charge in [-0.3, -0.25) is 4.79 Å². The Labute approximate surface area is 103 Å². The van der Waals surface area contributed by atoms with Crippen LogP contribution in [0.25, 0.3) is 0 Å². The summed E-state index contributed by atoms with van der Waals surface area (Å²) in [6.45, 7) is 7.24. The van der Waals surface area contributed by atoms with Gasteiger partial charge in [0.2, 0.25) is 0 Å². The van der Waals surface area contributed by atoms with Gasteiger partial charge in [-0.2, -0.15) is 0 Å². The first-order valence-corrected chi connectivity index (χ1v) is 6.38. The van der Waals surface area contributed by atoms with Crippen molar-refractivity contribution in [2.24, 2.45) is 11.3 Å². The summed E-state index contributed by atoms with van der Waals surface area (Å²) in [5.74, 6) is 0.865. The smallest absolute Gasteiger partial charge is 0.159 e. The summed E-state index contributed by atoms with van der Waals surface area (Å²) in [6, 6.07) is 7.76. The van der Waals surface area contributed by atoms with Gasteiger partial charge in [0.25, 0.3) is 0 Å². The van der Waals surface area contributed by atoms with Crippen LogP contribution in [0.2, 0.25) is 0 Å². The van der Waals surface area contributed by atoms with Crippen molar-refractivity contribution in [3.8, 4) is 0 Å². The molecule has 1 aromatic rings. The van der Waals surface area contributed by atoms with Crippen LogP contribution in [-0.2, 0) is 0 Å². The third-order valence-corrected chi connectivity index (χ3v) is 4.05. The van der Waals surface area contributed by atoms with Gasteiger partial charge < -0.3 is 5.32 Å². The molecule has 1 N–H and O–H groups in total. The molecule has 1 aliphatic carbocycles. The molecule has 1 aliphatic rings. The quantitative estimate of drug-likeness (QED) is 0.782. The molecule has 17 heavy (non-hydrogen) atoms. The molecule has 0 saturated heterocycles. The highest BCUT2D eigenvalue weighted by molar-refractivity contribution is 5.94. The maximum atomic E-state index is 11.2. The van der Waals surface area contributed by atoms with E-state index >= 15 is 0 Å². The molecule has 0 amide bonds. The normalized spacial score (nSPS) is 16.9. The summed E-state index contributed by atoms with van der Waals surface area (Å²) >= 11 is 0. The minimum atomic E-state index is 0.123. The van der Waals surface area contributed by atoms with Gasteiger partial charge in [-0.15, -0.1) is 0 Å². The Bertz CT molecular complexity index is 401. The lowest BCUT2D eigenvalue weighted by molar-refractivity contribution is 0.101. The predicted molar refractivity (Wildman–Crippen MR) is 71.4 cm³/mol. The molecule has 1 aromatic carbocycles. The Kier molecular flexibility index (Phi) is 3.23. The highest BCUT2D eigenvalue weighted by atomic mass is 16.1. The van der Waals surface area contributed by atoms with Crippen LogP contribution in [0.1, 0.15) is 44.0 Å². The van der Waals surface area contributed by atoms with Crippen LogP contribution in [0.3, 0.4) is 0 Å². The van der Waals surface area contributed by atoms with E-state index in [0.717, 1.165) is 23.7 Å². The maximum Gasteiger partial charge on any atom is 0.159 e. The second kappa shape index (κ2) is 4.52. The van der Waals surface area contributed by atoms with Crippen molar-refractivity contribution in [3.05, 3.63) is 29.8 Å². The molecular formula is C15H21NO. The summed E-state index contributed by atoms with van der Waals surface area (Å²) in [5, 5.41) is 3.48. The van der Waals surface area contributed by atoms with Crippen LogP contribution < -0.4 is 5.32 Å². The van der Waals surface area contributed by atoms with Gasteiger partial charge in [0.1, 0.15) is 0 Å². The molecule has 0 unspecified atom stereocenters. The molecule has 2 rings (SSSR count). The summed E-state index contributed by atoms with van der Waals surface area (Å²) in [4.78, 5) is 11.2. The van der Waals surface area contributed by atoms with Crippen LogP contribution >= 0.6 is 0 Å². The summed E-state index contributed by atoms with van der Waals surface area (Å²) in [5.41, 5.74) is 2.40.